The van der Waals surface area contributed by atoms with Crippen LogP contribution in [0.1, 0.15) is 10.4 Å². The van der Waals surface area contributed by atoms with E-state index in [0.29, 0.717) is 5.52 Å². The summed E-state index contributed by atoms with van der Waals surface area (Å²) in [6, 6.07) is 3.85. The molecule has 2 rings (SSSR count). The number of amides is 1. The van der Waals surface area contributed by atoms with Crippen LogP contribution in [0.4, 0.5) is 4.39 Å². The Bertz CT molecular complexity index is 646. The van der Waals surface area contributed by atoms with Crippen molar-refractivity contribution in [3.05, 3.63) is 46.0 Å². The standard InChI is InChI=1S/C12H11FN2O2/c1-15(2)12(17)9-6-14-10-4-3-7(13)5-8(10)11(9)16/h3-6H,1-2H3,(H,14,16). The first-order valence-electron chi connectivity index (χ1n) is 5.03. The average Bonchev–Trinajstić information content (AvgIpc) is 2.29. The first kappa shape index (κ1) is 11.3. The van der Waals surface area contributed by atoms with Crippen molar-refractivity contribution in [2.75, 3.05) is 14.1 Å². The molecular weight excluding hydrogens is 223 g/mol. The third-order valence-corrected chi connectivity index (χ3v) is 2.48. The molecule has 0 saturated carbocycles. The van der Waals surface area contributed by atoms with Crippen molar-refractivity contribution in [3.8, 4) is 0 Å². The number of carbonyl (C=O) groups excluding carboxylic acids is 1. The minimum absolute atomic E-state index is 0.00750. The van der Waals surface area contributed by atoms with Crippen LogP contribution in [0.25, 0.3) is 10.9 Å². The third-order valence-electron chi connectivity index (χ3n) is 2.48. The normalized spacial score (nSPS) is 10.5. The van der Waals surface area contributed by atoms with Gasteiger partial charge < -0.3 is 9.88 Å². The number of benzene rings is 1. The van der Waals surface area contributed by atoms with Gasteiger partial charge in [-0.25, -0.2) is 4.39 Å². The molecule has 1 aromatic carbocycles. The maximum Gasteiger partial charge on any atom is 0.258 e. The van der Waals surface area contributed by atoms with Gasteiger partial charge in [0.1, 0.15) is 11.4 Å². The molecule has 5 heteroatoms. The second kappa shape index (κ2) is 4.01. The van der Waals surface area contributed by atoms with Crippen molar-refractivity contribution < 1.29 is 9.18 Å². The van der Waals surface area contributed by atoms with Gasteiger partial charge in [0.15, 0.2) is 0 Å². The Morgan fingerprint density at radius 2 is 2.06 bits per heavy atom. The zero-order valence-corrected chi connectivity index (χ0v) is 9.45. The molecule has 0 spiro atoms. The smallest absolute Gasteiger partial charge is 0.258 e. The summed E-state index contributed by atoms with van der Waals surface area (Å²) in [5.41, 5.74) is 0.0526. The maximum absolute atomic E-state index is 13.1. The minimum Gasteiger partial charge on any atom is -0.360 e. The summed E-state index contributed by atoms with van der Waals surface area (Å²) < 4.78 is 13.1. The monoisotopic (exact) mass is 234 g/mol. The maximum atomic E-state index is 13.1. The van der Waals surface area contributed by atoms with Gasteiger partial charge in [-0.1, -0.05) is 0 Å². The number of fused-ring (bicyclic) bond motifs is 1. The summed E-state index contributed by atoms with van der Waals surface area (Å²) in [5.74, 6) is -0.908. The number of hydrogen-bond donors (Lipinski definition) is 1. The average molecular weight is 234 g/mol. The van der Waals surface area contributed by atoms with E-state index in [4.69, 9.17) is 0 Å². The summed E-state index contributed by atoms with van der Waals surface area (Å²) in [6.45, 7) is 0. The van der Waals surface area contributed by atoms with Gasteiger partial charge in [0.25, 0.3) is 5.91 Å². The number of pyridine rings is 1. The fourth-order valence-corrected chi connectivity index (χ4v) is 1.59. The number of carbonyl (C=O) groups is 1. The number of aromatic nitrogens is 1. The Kier molecular flexibility index (Phi) is 2.67. The Labute approximate surface area is 96.7 Å². The summed E-state index contributed by atoms with van der Waals surface area (Å²) in [7, 11) is 3.11. The minimum atomic E-state index is -0.502. The van der Waals surface area contributed by atoms with Crippen molar-refractivity contribution in [2.24, 2.45) is 0 Å². The first-order chi connectivity index (χ1) is 8.00. The molecule has 2 aromatic rings. The Hall–Kier alpha value is -2.17. The number of rotatable bonds is 1. The van der Waals surface area contributed by atoms with Crippen LogP contribution in [-0.2, 0) is 0 Å². The van der Waals surface area contributed by atoms with Gasteiger partial charge in [-0.15, -0.1) is 0 Å². The summed E-state index contributed by atoms with van der Waals surface area (Å²) in [5, 5.41) is 0.178. The van der Waals surface area contributed by atoms with Gasteiger partial charge in [-0.05, 0) is 18.2 Å². The number of hydrogen-bond acceptors (Lipinski definition) is 2. The highest BCUT2D eigenvalue weighted by Crippen LogP contribution is 2.10. The van der Waals surface area contributed by atoms with E-state index in [1.807, 2.05) is 0 Å². The zero-order valence-electron chi connectivity index (χ0n) is 9.45. The molecule has 0 radical (unpaired) electrons. The summed E-state index contributed by atoms with van der Waals surface area (Å²) in [6.07, 6.45) is 1.35. The summed E-state index contributed by atoms with van der Waals surface area (Å²) >= 11 is 0. The molecule has 17 heavy (non-hydrogen) atoms. The van der Waals surface area contributed by atoms with Crippen LogP contribution in [0.3, 0.4) is 0 Å². The number of nitrogens with one attached hydrogen (secondary N) is 1. The molecule has 0 fully saturated rings. The highest BCUT2D eigenvalue weighted by Gasteiger charge is 2.14. The van der Waals surface area contributed by atoms with E-state index in [0.717, 1.165) is 6.07 Å². The lowest BCUT2D eigenvalue weighted by molar-refractivity contribution is 0.0826. The van der Waals surface area contributed by atoms with Crippen molar-refractivity contribution in [1.29, 1.82) is 0 Å². The molecule has 0 unspecified atom stereocenters. The highest BCUT2D eigenvalue weighted by atomic mass is 19.1. The molecule has 0 saturated heterocycles. The fourth-order valence-electron chi connectivity index (χ4n) is 1.59. The SMILES string of the molecule is CN(C)C(=O)c1c[nH]c2ccc(F)cc2c1=O. The molecule has 0 aliphatic heterocycles. The van der Waals surface area contributed by atoms with Crippen LogP contribution in [0.2, 0.25) is 0 Å². The zero-order chi connectivity index (χ0) is 12.6. The molecule has 4 nitrogen and oxygen atoms in total. The second-order valence-electron chi connectivity index (χ2n) is 3.92. The lowest BCUT2D eigenvalue weighted by atomic mass is 10.1. The highest BCUT2D eigenvalue weighted by molar-refractivity contribution is 5.96. The molecule has 1 N–H and O–H groups in total. The molecule has 1 heterocycles. The van der Waals surface area contributed by atoms with E-state index in [1.54, 1.807) is 14.1 Å². The van der Waals surface area contributed by atoms with Crippen LogP contribution in [0.5, 0.6) is 0 Å². The Balaban J connectivity index is 2.73. The molecule has 1 aromatic heterocycles. The van der Waals surface area contributed by atoms with Gasteiger partial charge in [-0.3, -0.25) is 9.59 Å². The van der Waals surface area contributed by atoms with E-state index >= 15 is 0 Å². The number of halogens is 1. The van der Waals surface area contributed by atoms with Crippen LogP contribution in [-0.4, -0.2) is 29.9 Å². The van der Waals surface area contributed by atoms with Crippen LogP contribution >= 0.6 is 0 Å². The van der Waals surface area contributed by atoms with E-state index in [2.05, 4.69) is 4.98 Å². The molecule has 1 amide bonds. The van der Waals surface area contributed by atoms with Crippen molar-refractivity contribution in [1.82, 2.24) is 9.88 Å². The van der Waals surface area contributed by atoms with E-state index < -0.39 is 17.2 Å². The van der Waals surface area contributed by atoms with E-state index in [1.165, 1.54) is 23.2 Å². The number of nitrogens with zero attached hydrogens (tertiary/aromatic N) is 1. The van der Waals surface area contributed by atoms with Gasteiger partial charge in [-0.2, -0.15) is 0 Å². The van der Waals surface area contributed by atoms with Crippen LogP contribution < -0.4 is 5.43 Å². The van der Waals surface area contributed by atoms with E-state index in [-0.39, 0.29) is 10.9 Å². The largest absolute Gasteiger partial charge is 0.360 e. The Morgan fingerprint density at radius 1 is 1.35 bits per heavy atom. The predicted molar refractivity (Wildman–Crippen MR) is 62.5 cm³/mol. The van der Waals surface area contributed by atoms with Gasteiger partial charge >= 0.3 is 0 Å². The van der Waals surface area contributed by atoms with Crippen molar-refractivity contribution in [2.45, 2.75) is 0 Å². The fraction of sp³-hybridized carbons (Fsp3) is 0.167. The first-order valence-corrected chi connectivity index (χ1v) is 5.03. The number of H-pyrrole nitrogens is 1. The third kappa shape index (κ3) is 1.91. The van der Waals surface area contributed by atoms with Crippen molar-refractivity contribution in [3.63, 3.8) is 0 Å². The van der Waals surface area contributed by atoms with Crippen LogP contribution in [0, 0.1) is 5.82 Å². The van der Waals surface area contributed by atoms with Crippen molar-refractivity contribution >= 4 is 16.8 Å². The molecule has 0 atom stereocenters. The predicted octanol–water partition coefficient (Wildman–Crippen LogP) is 1.37. The lowest BCUT2D eigenvalue weighted by Crippen LogP contribution is -2.27. The Morgan fingerprint density at radius 3 is 2.71 bits per heavy atom. The molecule has 0 bridgehead atoms. The topological polar surface area (TPSA) is 53.2 Å². The molecule has 0 aliphatic carbocycles. The van der Waals surface area contributed by atoms with E-state index in [9.17, 15) is 14.0 Å². The summed E-state index contributed by atoms with van der Waals surface area (Å²) in [4.78, 5) is 27.8. The molecule has 88 valence electrons. The van der Waals surface area contributed by atoms with Gasteiger partial charge in [0.2, 0.25) is 5.43 Å². The quantitative estimate of drug-likeness (QED) is 0.810. The van der Waals surface area contributed by atoms with Crippen LogP contribution in [0.15, 0.2) is 29.2 Å². The van der Waals surface area contributed by atoms with Gasteiger partial charge in [0, 0.05) is 31.2 Å². The number of aromatic amines is 1. The molecule has 0 aliphatic rings. The second-order valence-corrected chi connectivity index (χ2v) is 3.92. The lowest BCUT2D eigenvalue weighted by Gasteiger charge is -2.09. The molecular formula is C12H11FN2O2. The van der Waals surface area contributed by atoms with Gasteiger partial charge in [0.05, 0.1) is 0 Å².